The molecular weight excluding hydrogens is 290 g/mol. The maximum absolute atomic E-state index is 12.1. The highest BCUT2D eigenvalue weighted by Gasteiger charge is 2.24. The van der Waals surface area contributed by atoms with E-state index in [4.69, 9.17) is 5.11 Å². The van der Waals surface area contributed by atoms with Gasteiger partial charge in [-0.3, -0.25) is 4.79 Å². The van der Waals surface area contributed by atoms with Crippen molar-refractivity contribution in [1.29, 1.82) is 0 Å². The summed E-state index contributed by atoms with van der Waals surface area (Å²) in [5.41, 5.74) is 1.78. The number of hydrogen-bond donors (Lipinski definition) is 2. The van der Waals surface area contributed by atoms with Gasteiger partial charge in [-0.2, -0.15) is 0 Å². The quantitative estimate of drug-likeness (QED) is 0.770. The van der Waals surface area contributed by atoms with Crippen molar-refractivity contribution in [2.75, 3.05) is 0 Å². The minimum atomic E-state index is -3.67. The van der Waals surface area contributed by atoms with Gasteiger partial charge in [0.2, 0.25) is 10.0 Å². The van der Waals surface area contributed by atoms with Crippen LogP contribution < -0.4 is 4.72 Å². The first kappa shape index (κ1) is 17.7. The van der Waals surface area contributed by atoms with Gasteiger partial charge in [0.25, 0.3) is 0 Å². The van der Waals surface area contributed by atoms with E-state index in [1.165, 1.54) is 0 Å². The Kier molecular flexibility index (Phi) is 6.36. The molecule has 21 heavy (non-hydrogen) atoms. The van der Waals surface area contributed by atoms with E-state index in [2.05, 4.69) is 4.72 Å². The summed E-state index contributed by atoms with van der Waals surface area (Å²) in [6.45, 7) is 5.73. The molecule has 0 amide bonds. The Labute approximate surface area is 126 Å². The lowest BCUT2D eigenvalue weighted by atomic mass is 10.1. The lowest BCUT2D eigenvalue weighted by molar-refractivity contribution is -0.139. The van der Waals surface area contributed by atoms with Gasteiger partial charge in [0.15, 0.2) is 0 Å². The average Bonchev–Trinajstić information content (AvgIpc) is 2.37. The van der Waals surface area contributed by atoms with E-state index < -0.39 is 22.0 Å². The molecule has 0 aromatic heterocycles. The third-order valence-corrected chi connectivity index (χ3v) is 4.47. The molecule has 1 aromatic rings. The summed E-state index contributed by atoms with van der Waals surface area (Å²) in [6, 6.07) is 6.21. The Balaban J connectivity index is 2.77. The van der Waals surface area contributed by atoms with E-state index >= 15 is 0 Å². The number of aryl methyl sites for hydroxylation is 1. The van der Waals surface area contributed by atoms with E-state index in [0.29, 0.717) is 5.56 Å². The number of sulfonamides is 1. The molecule has 0 unspecified atom stereocenters. The first-order chi connectivity index (χ1) is 9.73. The van der Waals surface area contributed by atoms with Crippen LogP contribution in [0, 0.1) is 5.92 Å². The second kappa shape index (κ2) is 7.56. The van der Waals surface area contributed by atoms with Gasteiger partial charge in [-0.05, 0) is 29.9 Å². The summed E-state index contributed by atoms with van der Waals surface area (Å²) >= 11 is 0. The lowest BCUT2D eigenvalue weighted by Gasteiger charge is -2.16. The second-order valence-corrected chi connectivity index (χ2v) is 7.32. The van der Waals surface area contributed by atoms with Crippen LogP contribution in [0.3, 0.4) is 0 Å². The molecule has 5 nitrogen and oxygen atoms in total. The van der Waals surface area contributed by atoms with Gasteiger partial charge in [-0.25, -0.2) is 13.1 Å². The number of benzene rings is 1. The van der Waals surface area contributed by atoms with E-state index in [1.807, 2.05) is 32.9 Å². The first-order valence-corrected chi connectivity index (χ1v) is 8.69. The van der Waals surface area contributed by atoms with Crippen LogP contribution in [0.1, 0.15) is 38.3 Å². The zero-order chi connectivity index (χ0) is 16.0. The molecule has 0 saturated carbocycles. The monoisotopic (exact) mass is 313 g/mol. The highest BCUT2D eigenvalue weighted by atomic mass is 32.2. The normalized spacial score (nSPS) is 13.3. The van der Waals surface area contributed by atoms with Crippen molar-refractivity contribution >= 4 is 16.0 Å². The van der Waals surface area contributed by atoms with Crippen LogP contribution >= 0.6 is 0 Å². The molecule has 1 aromatic carbocycles. The maximum atomic E-state index is 12.1. The largest absolute Gasteiger partial charge is 0.480 e. The van der Waals surface area contributed by atoms with Crippen LogP contribution in [0.5, 0.6) is 0 Å². The Bertz CT molecular complexity index is 564. The Hall–Kier alpha value is -1.40. The SMILES string of the molecule is CCc1ccc(CS(=O)(=O)N[C@@H](CC(C)C)C(=O)O)cc1. The van der Waals surface area contributed by atoms with Gasteiger partial charge in [0, 0.05) is 0 Å². The summed E-state index contributed by atoms with van der Waals surface area (Å²) in [4.78, 5) is 11.1. The van der Waals surface area contributed by atoms with E-state index in [0.717, 1.165) is 12.0 Å². The molecule has 118 valence electrons. The average molecular weight is 313 g/mol. The predicted octanol–water partition coefficient (Wildman–Crippen LogP) is 2.17. The topological polar surface area (TPSA) is 83.5 Å². The highest BCUT2D eigenvalue weighted by Crippen LogP contribution is 2.11. The third kappa shape index (κ3) is 6.27. The molecule has 0 aliphatic rings. The molecule has 6 heteroatoms. The summed E-state index contributed by atoms with van der Waals surface area (Å²) in [6.07, 6.45) is 1.16. The Morgan fingerprint density at radius 1 is 1.19 bits per heavy atom. The minimum absolute atomic E-state index is 0.0950. The zero-order valence-electron chi connectivity index (χ0n) is 12.7. The van der Waals surface area contributed by atoms with Gasteiger partial charge < -0.3 is 5.11 Å². The smallest absolute Gasteiger partial charge is 0.321 e. The minimum Gasteiger partial charge on any atom is -0.480 e. The fraction of sp³-hybridized carbons (Fsp3) is 0.533. The number of carbonyl (C=O) groups is 1. The Morgan fingerprint density at radius 2 is 1.71 bits per heavy atom. The van der Waals surface area contributed by atoms with Crippen molar-refractivity contribution in [3.8, 4) is 0 Å². The molecule has 1 atom stereocenters. The molecule has 0 saturated heterocycles. The number of carboxylic acid groups (broad SMARTS) is 1. The van der Waals surface area contributed by atoms with Gasteiger partial charge in [0.1, 0.15) is 6.04 Å². The molecule has 0 fully saturated rings. The van der Waals surface area contributed by atoms with E-state index in [-0.39, 0.29) is 18.1 Å². The van der Waals surface area contributed by atoms with Crippen LogP contribution in [0.4, 0.5) is 0 Å². The first-order valence-electron chi connectivity index (χ1n) is 7.04. The van der Waals surface area contributed by atoms with Crippen molar-refractivity contribution in [2.45, 2.75) is 45.4 Å². The van der Waals surface area contributed by atoms with Crippen molar-refractivity contribution in [3.05, 3.63) is 35.4 Å². The molecule has 0 aliphatic carbocycles. The zero-order valence-corrected chi connectivity index (χ0v) is 13.5. The number of hydrogen-bond acceptors (Lipinski definition) is 3. The molecule has 0 aliphatic heterocycles. The van der Waals surface area contributed by atoms with Crippen molar-refractivity contribution in [1.82, 2.24) is 4.72 Å². The number of rotatable bonds is 8. The van der Waals surface area contributed by atoms with E-state index in [1.54, 1.807) is 12.1 Å². The van der Waals surface area contributed by atoms with Crippen molar-refractivity contribution in [3.63, 3.8) is 0 Å². The van der Waals surface area contributed by atoms with Crippen LogP contribution in [0.15, 0.2) is 24.3 Å². The van der Waals surface area contributed by atoms with E-state index in [9.17, 15) is 13.2 Å². The highest BCUT2D eigenvalue weighted by molar-refractivity contribution is 7.88. The maximum Gasteiger partial charge on any atom is 0.321 e. The molecule has 2 N–H and O–H groups in total. The number of nitrogens with one attached hydrogen (secondary N) is 1. The van der Waals surface area contributed by atoms with Gasteiger partial charge >= 0.3 is 5.97 Å². The molecule has 1 rings (SSSR count). The van der Waals surface area contributed by atoms with Crippen LogP contribution in [-0.4, -0.2) is 25.5 Å². The number of aliphatic carboxylic acids is 1. The van der Waals surface area contributed by atoms with Gasteiger partial charge in [0.05, 0.1) is 5.75 Å². The standard InChI is InChI=1S/C15H23NO4S/c1-4-12-5-7-13(8-6-12)10-21(19,20)16-14(15(17)18)9-11(2)3/h5-8,11,14,16H,4,9-10H2,1-3H3,(H,17,18)/t14-/m0/s1. The van der Waals surface area contributed by atoms with Crippen LogP contribution in [0.2, 0.25) is 0 Å². The molecule has 0 radical (unpaired) electrons. The third-order valence-electron chi connectivity index (χ3n) is 3.11. The summed E-state index contributed by atoms with van der Waals surface area (Å²) in [5, 5.41) is 9.09. The van der Waals surface area contributed by atoms with Gasteiger partial charge in [-0.1, -0.05) is 45.0 Å². The lowest BCUT2D eigenvalue weighted by Crippen LogP contribution is -2.42. The van der Waals surface area contributed by atoms with Crippen LogP contribution in [0.25, 0.3) is 0 Å². The summed E-state index contributed by atoms with van der Waals surface area (Å²) < 4.78 is 26.4. The Morgan fingerprint density at radius 3 is 2.14 bits per heavy atom. The summed E-state index contributed by atoms with van der Waals surface area (Å²) in [5.74, 6) is -1.26. The fourth-order valence-corrected chi connectivity index (χ4v) is 3.36. The van der Waals surface area contributed by atoms with Crippen molar-refractivity contribution < 1.29 is 18.3 Å². The molecule has 0 heterocycles. The van der Waals surface area contributed by atoms with Gasteiger partial charge in [-0.15, -0.1) is 0 Å². The number of carboxylic acids is 1. The predicted molar refractivity (Wildman–Crippen MR) is 82.5 cm³/mol. The molecule has 0 bridgehead atoms. The summed E-state index contributed by atoms with van der Waals surface area (Å²) in [7, 11) is -3.67. The van der Waals surface area contributed by atoms with Crippen LogP contribution in [-0.2, 0) is 27.0 Å². The fourth-order valence-electron chi connectivity index (χ4n) is 2.02. The second-order valence-electron chi connectivity index (χ2n) is 5.57. The molecular formula is C15H23NO4S. The molecule has 0 spiro atoms. The van der Waals surface area contributed by atoms with Crippen molar-refractivity contribution in [2.24, 2.45) is 5.92 Å².